The van der Waals surface area contributed by atoms with Crippen LogP contribution in [0.4, 0.5) is 13.2 Å². The van der Waals surface area contributed by atoms with Gasteiger partial charge in [0, 0.05) is 17.8 Å². The first kappa shape index (κ1) is 16.7. The first-order valence-electron chi connectivity index (χ1n) is 7.68. The second-order valence-corrected chi connectivity index (χ2v) is 6.13. The molecule has 1 N–H and O–H groups in total. The van der Waals surface area contributed by atoms with Crippen LogP contribution < -0.4 is 5.32 Å². The first-order valence-corrected chi connectivity index (χ1v) is 7.68. The standard InChI is InChI=1S/C15H18F3N5O/c1-9-7-12(15(16,17)18)23-13(19-9)8-11(21-23)14(24)20-10-3-5-22(2)6-4-10/h7-8,10H,3-6H2,1-2H3,(H,20,24). The molecule has 24 heavy (non-hydrogen) atoms. The van der Waals surface area contributed by atoms with Gasteiger partial charge in [0.2, 0.25) is 0 Å². The molecule has 0 spiro atoms. The van der Waals surface area contributed by atoms with Crippen LogP contribution in [0.2, 0.25) is 0 Å². The van der Waals surface area contributed by atoms with Crippen LogP contribution in [0.25, 0.3) is 5.65 Å². The van der Waals surface area contributed by atoms with Gasteiger partial charge in [0.05, 0.1) is 0 Å². The van der Waals surface area contributed by atoms with Gasteiger partial charge in [-0.2, -0.15) is 18.3 Å². The monoisotopic (exact) mass is 341 g/mol. The van der Waals surface area contributed by atoms with E-state index in [9.17, 15) is 18.0 Å². The molecule has 0 radical (unpaired) electrons. The zero-order valence-corrected chi connectivity index (χ0v) is 13.4. The van der Waals surface area contributed by atoms with Gasteiger partial charge in [0.1, 0.15) is 5.69 Å². The molecule has 0 saturated carbocycles. The Labute approximate surface area is 136 Å². The van der Waals surface area contributed by atoms with Gasteiger partial charge in [-0.05, 0) is 46.0 Å². The molecule has 9 heteroatoms. The smallest absolute Gasteiger partial charge is 0.348 e. The van der Waals surface area contributed by atoms with Crippen molar-refractivity contribution in [2.75, 3.05) is 20.1 Å². The molecule has 1 fully saturated rings. The molecule has 0 atom stereocenters. The number of fused-ring (bicyclic) bond motifs is 1. The number of nitrogens with one attached hydrogen (secondary N) is 1. The third kappa shape index (κ3) is 3.35. The van der Waals surface area contributed by atoms with Crippen molar-refractivity contribution in [1.29, 1.82) is 0 Å². The number of amides is 1. The van der Waals surface area contributed by atoms with Crippen molar-refractivity contribution in [3.63, 3.8) is 0 Å². The molecule has 3 heterocycles. The van der Waals surface area contributed by atoms with E-state index in [1.807, 2.05) is 7.05 Å². The molecule has 130 valence electrons. The summed E-state index contributed by atoms with van der Waals surface area (Å²) in [6.45, 7) is 3.21. The number of halogens is 3. The van der Waals surface area contributed by atoms with E-state index in [1.165, 1.54) is 13.0 Å². The maximum absolute atomic E-state index is 13.1. The Morgan fingerprint density at radius 2 is 1.96 bits per heavy atom. The molecule has 3 rings (SSSR count). The lowest BCUT2D eigenvalue weighted by Crippen LogP contribution is -2.43. The summed E-state index contributed by atoms with van der Waals surface area (Å²) in [5, 5.41) is 6.65. The van der Waals surface area contributed by atoms with E-state index in [-0.39, 0.29) is 23.1 Å². The average Bonchev–Trinajstić information content (AvgIpc) is 2.91. The largest absolute Gasteiger partial charge is 0.433 e. The van der Waals surface area contributed by atoms with E-state index in [1.54, 1.807) is 0 Å². The summed E-state index contributed by atoms with van der Waals surface area (Å²) < 4.78 is 40.0. The summed E-state index contributed by atoms with van der Waals surface area (Å²) in [6.07, 6.45) is -2.96. The molecular formula is C15H18F3N5O. The summed E-state index contributed by atoms with van der Waals surface area (Å²) in [4.78, 5) is 18.5. The number of aryl methyl sites for hydroxylation is 1. The summed E-state index contributed by atoms with van der Waals surface area (Å²) in [6, 6.07) is 2.21. The maximum atomic E-state index is 13.1. The highest BCUT2D eigenvalue weighted by molar-refractivity contribution is 5.93. The molecule has 0 aromatic carbocycles. The van der Waals surface area contributed by atoms with Gasteiger partial charge in [-0.25, -0.2) is 9.50 Å². The van der Waals surface area contributed by atoms with E-state index in [0.717, 1.165) is 32.0 Å². The fourth-order valence-corrected chi connectivity index (χ4v) is 2.83. The summed E-state index contributed by atoms with van der Waals surface area (Å²) in [5.74, 6) is -0.471. The van der Waals surface area contributed by atoms with Crippen LogP contribution in [0.1, 0.15) is 34.7 Å². The number of carbonyl (C=O) groups excluding carboxylic acids is 1. The summed E-state index contributed by atoms with van der Waals surface area (Å²) in [7, 11) is 2.01. The molecule has 0 unspecified atom stereocenters. The van der Waals surface area contributed by atoms with Gasteiger partial charge in [-0.3, -0.25) is 4.79 Å². The van der Waals surface area contributed by atoms with Gasteiger partial charge in [-0.1, -0.05) is 0 Å². The molecule has 0 aliphatic carbocycles. The molecule has 0 bridgehead atoms. The minimum Gasteiger partial charge on any atom is -0.348 e. The highest BCUT2D eigenvalue weighted by Crippen LogP contribution is 2.29. The van der Waals surface area contributed by atoms with Crippen molar-refractivity contribution in [2.24, 2.45) is 0 Å². The summed E-state index contributed by atoms with van der Waals surface area (Å²) >= 11 is 0. The van der Waals surface area contributed by atoms with Gasteiger partial charge in [-0.15, -0.1) is 0 Å². The SMILES string of the molecule is Cc1cc(C(F)(F)F)n2nc(C(=O)NC3CCN(C)CC3)cc2n1. The Morgan fingerprint density at radius 3 is 2.58 bits per heavy atom. The second kappa shape index (κ2) is 6.04. The van der Waals surface area contributed by atoms with Crippen LogP contribution in [-0.2, 0) is 6.18 Å². The number of alkyl halides is 3. The van der Waals surface area contributed by atoms with Gasteiger partial charge < -0.3 is 10.2 Å². The molecule has 1 aliphatic rings. The number of aromatic nitrogens is 3. The highest BCUT2D eigenvalue weighted by atomic mass is 19.4. The van der Waals surface area contributed by atoms with Gasteiger partial charge in [0.15, 0.2) is 11.3 Å². The molecule has 1 amide bonds. The maximum Gasteiger partial charge on any atom is 0.433 e. The quantitative estimate of drug-likeness (QED) is 0.906. The predicted octanol–water partition coefficient (Wildman–Crippen LogP) is 1.88. The lowest BCUT2D eigenvalue weighted by Gasteiger charge is -2.29. The number of carbonyl (C=O) groups is 1. The molecule has 1 aliphatic heterocycles. The number of piperidine rings is 1. The van der Waals surface area contributed by atoms with Crippen molar-refractivity contribution in [3.05, 3.63) is 29.2 Å². The summed E-state index contributed by atoms with van der Waals surface area (Å²) in [5.41, 5.74) is -0.770. The lowest BCUT2D eigenvalue weighted by molar-refractivity contribution is -0.142. The Balaban J connectivity index is 1.86. The molecule has 2 aromatic heterocycles. The van der Waals surface area contributed by atoms with E-state index in [4.69, 9.17) is 0 Å². The normalized spacial score (nSPS) is 17.4. The van der Waals surface area contributed by atoms with Crippen molar-refractivity contribution < 1.29 is 18.0 Å². The van der Waals surface area contributed by atoms with E-state index < -0.39 is 17.8 Å². The zero-order chi connectivity index (χ0) is 17.5. The minimum atomic E-state index is -4.57. The molecule has 1 saturated heterocycles. The fourth-order valence-electron chi connectivity index (χ4n) is 2.83. The van der Waals surface area contributed by atoms with Crippen LogP contribution in [0, 0.1) is 6.92 Å². The van der Waals surface area contributed by atoms with Crippen molar-refractivity contribution >= 4 is 11.6 Å². The zero-order valence-electron chi connectivity index (χ0n) is 13.4. The van der Waals surface area contributed by atoms with Crippen LogP contribution in [0.3, 0.4) is 0 Å². The van der Waals surface area contributed by atoms with E-state index in [0.29, 0.717) is 4.52 Å². The Morgan fingerprint density at radius 1 is 1.29 bits per heavy atom. The number of nitrogens with zero attached hydrogens (tertiary/aromatic N) is 4. The van der Waals surface area contributed by atoms with Gasteiger partial charge >= 0.3 is 6.18 Å². The topological polar surface area (TPSA) is 62.5 Å². The highest BCUT2D eigenvalue weighted by Gasteiger charge is 2.35. The first-order chi connectivity index (χ1) is 11.2. The Bertz CT molecular complexity index is 762. The number of likely N-dealkylation sites (tertiary alicyclic amines) is 1. The number of hydrogen-bond donors (Lipinski definition) is 1. The molecule has 6 nitrogen and oxygen atoms in total. The molecular weight excluding hydrogens is 323 g/mol. The third-order valence-corrected chi connectivity index (χ3v) is 4.13. The second-order valence-electron chi connectivity index (χ2n) is 6.13. The Kier molecular flexibility index (Phi) is 4.20. The van der Waals surface area contributed by atoms with Crippen molar-refractivity contribution in [2.45, 2.75) is 32.0 Å². The van der Waals surface area contributed by atoms with E-state index >= 15 is 0 Å². The predicted molar refractivity (Wildman–Crippen MR) is 80.7 cm³/mol. The number of hydrogen-bond acceptors (Lipinski definition) is 4. The average molecular weight is 341 g/mol. The van der Waals surface area contributed by atoms with E-state index in [2.05, 4.69) is 20.3 Å². The lowest BCUT2D eigenvalue weighted by atomic mass is 10.1. The van der Waals surface area contributed by atoms with Crippen LogP contribution >= 0.6 is 0 Å². The minimum absolute atomic E-state index is 0.00953. The fraction of sp³-hybridized carbons (Fsp3) is 0.533. The van der Waals surface area contributed by atoms with Crippen LogP contribution in [0.15, 0.2) is 12.1 Å². The van der Waals surface area contributed by atoms with Crippen LogP contribution in [-0.4, -0.2) is 51.6 Å². The molecule has 2 aromatic rings. The van der Waals surface area contributed by atoms with Crippen molar-refractivity contribution in [3.8, 4) is 0 Å². The van der Waals surface area contributed by atoms with Crippen molar-refractivity contribution in [1.82, 2.24) is 24.8 Å². The van der Waals surface area contributed by atoms with Gasteiger partial charge in [0.25, 0.3) is 5.91 Å². The third-order valence-electron chi connectivity index (χ3n) is 4.13. The number of rotatable bonds is 2. The van der Waals surface area contributed by atoms with Crippen LogP contribution in [0.5, 0.6) is 0 Å². The Hall–Kier alpha value is -2.16.